The molecule has 1 aliphatic rings. The molecule has 0 unspecified atom stereocenters. The van der Waals surface area contributed by atoms with Crippen LogP contribution in [-0.2, 0) is 4.79 Å². The van der Waals surface area contributed by atoms with E-state index in [-0.39, 0.29) is 17.3 Å². The van der Waals surface area contributed by atoms with Gasteiger partial charge in [-0.05, 0) is 12.8 Å². The van der Waals surface area contributed by atoms with Crippen molar-refractivity contribution in [3.63, 3.8) is 0 Å². The Kier molecular flexibility index (Phi) is 2.97. The Balaban J connectivity index is 1.92. The van der Waals surface area contributed by atoms with E-state index in [1.165, 1.54) is 24.2 Å². The molecule has 1 heterocycles. The van der Waals surface area contributed by atoms with Gasteiger partial charge in [-0.25, -0.2) is 4.98 Å². The molecule has 1 aliphatic carbocycles. The van der Waals surface area contributed by atoms with E-state index in [2.05, 4.69) is 22.5 Å². The third kappa shape index (κ3) is 2.97. The van der Waals surface area contributed by atoms with Gasteiger partial charge in [-0.2, -0.15) is 0 Å². The fourth-order valence-electron chi connectivity index (χ4n) is 1.23. The van der Waals surface area contributed by atoms with E-state index in [9.17, 15) is 4.79 Å². The highest BCUT2D eigenvalue weighted by molar-refractivity contribution is 7.80. The Morgan fingerprint density at radius 2 is 2.47 bits per heavy atom. The Bertz CT molecular complexity index is 398. The maximum absolute atomic E-state index is 11.3. The maximum atomic E-state index is 11.3. The lowest BCUT2D eigenvalue weighted by molar-refractivity contribution is -0.115. The van der Waals surface area contributed by atoms with Gasteiger partial charge in [0.1, 0.15) is 0 Å². The number of hydrogen-bond acceptors (Lipinski definition) is 4. The summed E-state index contributed by atoms with van der Waals surface area (Å²) in [5.74, 6) is 0.418. The molecule has 80 valence electrons. The molecule has 0 radical (unpaired) electrons. The lowest BCUT2D eigenvalue weighted by Gasteiger charge is -1.98. The molecule has 0 aromatic carbocycles. The van der Waals surface area contributed by atoms with Crippen molar-refractivity contribution in [2.45, 2.75) is 25.2 Å². The molecule has 0 bridgehead atoms. The van der Waals surface area contributed by atoms with Crippen LogP contribution in [-0.4, -0.2) is 15.9 Å². The number of thiazole rings is 1. The molecule has 15 heavy (non-hydrogen) atoms. The Morgan fingerprint density at radius 3 is 3.07 bits per heavy atom. The molecular weight excluding hydrogens is 230 g/mol. The number of carbonyl (C=O) groups excluding carboxylic acids is 1. The number of thiocarbonyl (C=S) groups is 1. The first-order chi connectivity index (χ1) is 7.15. The van der Waals surface area contributed by atoms with Gasteiger partial charge in [0.2, 0.25) is 5.91 Å². The first kappa shape index (κ1) is 10.5. The second kappa shape index (κ2) is 4.24. The highest BCUT2D eigenvalue weighted by atomic mass is 32.1. The molecule has 6 heteroatoms. The number of aromatic nitrogens is 1. The third-order valence-electron chi connectivity index (χ3n) is 2.10. The summed E-state index contributed by atoms with van der Waals surface area (Å²) >= 11 is 6.09. The molecule has 0 atom stereocenters. The number of anilines is 1. The quantitative estimate of drug-likeness (QED) is 0.786. The van der Waals surface area contributed by atoms with Gasteiger partial charge in [-0.15, -0.1) is 11.3 Å². The van der Waals surface area contributed by atoms with E-state index < -0.39 is 0 Å². The molecule has 4 nitrogen and oxygen atoms in total. The van der Waals surface area contributed by atoms with Crippen LogP contribution in [0.2, 0.25) is 0 Å². The zero-order valence-electron chi connectivity index (χ0n) is 8.03. The molecule has 3 N–H and O–H groups in total. The Morgan fingerprint density at radius 1 is 1.73 bits per heavy atom. The second-order valence-corrected chi connectivity index (χ2v) is 4.93. The van der Waals surface area contributed by atoms with Crippen molar-refractivity contribution in [1.82, 2.24) is 4.98 Å². The van der Waals surface area contributed by atoms with Crippen LogP contribution in [0.3, 0.4) is 0 Å². The monoisotopic (exact) mass is 241 g/mol. The van der Waals surface area contributed by atoms with Crippen molar-refractivity contribution in [2.75, 3.05) is 5.32 Å². The second-order valence-electron chi connectivity index (χ2n) is 3.54. The van der Waals surface area contributed by atoms with Crippen molar-refractivity contribution < 1.29 is 4.79 Å². The average molecular weight is 241 g/mol. The van der Waals surface area contributed by atoms with E-state index >= 15 is 0 Å². The van der Waals surface area contributed by atoms with Gasteiger partial charge >= 0.3 is 0 Å². The van der Waals surface area contributed by atoms with Crippen molar-refractivity contribution in [3.8, 4) is 0 Å². The lowest BCUT2D eigenvalue weighted by Crippen LogP contribution is -2.20. The van der Waals surface area contributed by atoms with E-state index in [4.69, 9.17) is 5.73 Å². The molecule has 0 aliphatic heterocycles. The van der Waals surface area contributed by atoms with E-state index in [0.717, 1.165) is 5.69 Å². The van der Waals surface area contributed by atoms with E-state index in [1.54, 1.807) is 0 Å². The van der Waals surface area contributed by atoms with Gasteiger partial charge in [0.05, 0.1) is 17.1 Å². The smallest absolute Gasteiger partial charge is 0.232 e. The summed E-state index contributed by atoms with van der Waals surface area (Å²) in [6.07, 6.45) is 2.50. The van der Waals surface area contributed by atoms with Crippen molar-refractivity contribution >= 4 is 39.6 Å². The minimum atomic E-state index is -0.195. The van der Waals surface area contributed by atoms with Gasteiger partial charge in [0, 0.05) is 11.3 Å². The van der Waals surface area contributed by atoms with Crippen LogP contribution >= 0.6 is 23.6 Å². The van der Waals surface area contributed by atoms with Crippen LogP contribution in [0, 0.1) is 0 Å². The number of nitrogens with one attached hydrogen (secondary N) is 1. The minimum Gasteiger partial charge on any atom is -0.393 e. The summed E-state index contributed by atoms with van der Waals surface area (Å²) in [6, 6.07) is 0. The Labute approximate surface area is 96.9 Å². The van der Waals surface area contributed by atoms with Crippen LogP contribution < -0.4 is 11.1 Å². The summed E-state index contributed by atoms with van der Waals surface area (Å²) in [5.41, 5.74) is 6.35. The van der Waals surface area contributed by atoms with Crippen molar-refractivity contribution in [3.05, 3.63) is 11.1 Å². The fourth-order valence-corrected chi connectivity index (χ4v) is 2.17. The molecule has 1 aromatic rings. The fraction of sp³-hybridized carbons (Fsp3) is 0.444. The summed E-state index contributed by atoms with van der Waals surface area (Å²) in [7, 11) is 0. The zero-order valence-corrected chi connectivity index (χ0v) is 9.66. The summed E-state index contributed by atoms with van der Waals surface area (Å²) in [4.78, 5) is 15.8. The predicted molar refractivity (Wildman–Crippen MR) is 64.1 cm³/mol. The molecule has 1 amide bonds. The molecule has 0 saturated heterocycles. The van der Waals surface area contributed by atoms with Gasteiger partial charge in [0.25, 0.3) is 0 Å². The molecule has 1 saturated carbocycles. The topological polar surface area (TPSA) is 68.0 Å². The average Bonchev–Trinajstić information content (AvgIpc) is 2.87. The number of nitrogens with zero attached hydrogens (tertiary/aromatic N) is 1. The largest absolute Gasteiger partial charge is 0.393 e. The van der Waals surface area contributed by atoms with Crippen LogP contribution in [0.25, 0.3) is 0 Å². The van der Waals surface area contributed by atoms with Crippen LogP contribution in [0.5, 0.6) is 0 Å². The van der Waals surface area contributed by atoms with Crippen LogP contribution in [0.4, 0.5) is 5.13 Å². The first-order valence-corrected chi connectivity index (χ1v) is 5.97. The van der Waals surface area contributed by atoms with Crippen molar-refractivity contribution in [1.29, 1.82) is 0 Å². The first-order valence-electron chi connectivity index (χ1n) is 4.68. The predicted octanol–water partition coefficient (Wildman–Crippen LogP) is 1.64. The van der Waals surface area contributed by atoms with Gasteiger partial charge in [-0.3, -0.25) is 4.79 Å². The number of rotatable bonds is 4. The molecule has 1 fully saturated rings. The molecular formula is C9H11N3OS2. The van der Waals surface area contributed by atoms with Gasteiger partial charge in [0.15, 0.2) is 5.13 Å². The lowest BCUT2D eigenvalue weighted by atomic mass is 10.3. The highest BCUT2D eigenvalue weighted by Gasteiger charge is 2.26. The standard InChI is InChI=1S/C9H11N3OS2/c10-7(14)3-8(13)12-9-11-6(4-15-9)5-1-2-5/h4-5H,1-3H2,(H2,10,14)(H,11,12,13). The van der Waals surface area contributed by atoms with Crippen LogP contribution in [0.15, 0.2) is 5.38 Å². The normalized spacial score (nSPS) is 14.9. The molecule has 0 spiro atoms. The highest BCUT2D eigenvalue weighted by Crippen LogP contribution is 2.40. The number of hydrogen-bond donors (Lipinski definition) is 2. The van der Waals surface area contributed by atoms with E-state index in [0.29, 0.717) is 11.0 Å². The van der Waals surface area contributed by atoms with E-state index in [1.807, 2.05) is 5.38 Å². The maximum Gasteiger partial charge on any atom is 0.232 e. The van der Waals surface area contributed by atoms with Gasteiger partial charge < -0.3 is 11.1 Å². The van der Waals surface area contributed by atoms with Gasteiger partial charge in [-0.1, -0.05) is 12.2 Å². The minimum absolute atomic E-state index is 0.0771. The Hall–Kier alpha value is -1.01. The third-order valence-corrected chi connectivity index (χ3v) is 3.02. The molecule has 2 rings (SSSR count). The van der Waals surface area contributed by atoms with Crippen LogP contribution in [0.1, 0.15) is 30.9 Å². The number of amides is 1. The molecule has 1 aromatic heterocycles. The number of nitrogens with two attached hydrogens (primary N) is 1. The SMILES string of the molecule is NC(=S)CC(=O)Nc1nc(C2CC2)cs1. The summed E-state index contributed by atoms with van der Waals surface area (Å²) in [6.45, 7) is 0. The zero-order chi connectivity index (χ0) is 10.8. The number of carbonyl (C=O) groups is 1. The summed E-state index contributed by atoms with van der Waals surface area (Å²) in [5, 5.41) is 5.31. The van der Waals surface area contributed by atoms with Crippen molar-refractivity contribution in [2.24, 2.45) is 5.73 Å². The summed E-state index contributed by atoms with van der Waals surface area (Å²) < 4.78 is 0.